The lowest BCUT2D eigenvalue weighted by molar-refractivity contribution is 0.0180. The van der Waals surface area contributed by atoms with Gasteiger partial charge in [-0.1, -0.05) is 35.9 Å². The third-order valence-electron chi connectivity index (χ3n) is 5.72. The molecule has 0 spiro atoms. The number of ether oxygens (including phenoxy) is 1. The molecule has 0 saturated carbocycles. The van der Waals surface area contributed by atoms with Gasteiger partial charge in [0.25, 0.3) is 0 Å². The van der Waals surface area contributed by atoms with E-state index in [9.17, 15) is 0 Å². The molecule has 1 aliphatic carbocycles. The number of aliphatic imine (C=N–C) groups is 1. The summed E-state index contributed by atoms with van der Waals surface area (Å²) in [5.41, 5.74) is 12.7. The summed E-state index contributed by atoms with van der Waals surface area (Å²) in [4.78, 5) is 7.14. The van der Waals surface area contributed by atoms with Crippen molar-refractivity contribution in [1.82, 2.24) is 4.90 Å². The molecule has 2 aromatic rings. The van der Waals surface area contributed by atoms with Crippen molar-refractivity contribution in [2.24, 2.45) is 10.7 Å². The standard InChI is InChI=1S/C23H30N4O/c1-17-4-2-7-20(14-17)22(27-10-12-28-13-11-27)16-25-23(24)26-21-9-8-18-5-3-6-19(18)15-21/h2,4,7-9,14-15,22H,3,5-6,10-13,16H2,1H3,(H3,24,25,26). The molecule has 3 N–H and O–H groups in total. The summed E-state index contributed by atoms with van der Waals surface area (Å²) in [7, 11) is 0. The summed E-state index contributed by atoms with van der Waals surface area (Å²) in [5, 5.41) is 3.28. The molecule has 0 radical (unpaired) electrons. The molecule has 0 bridgehead atoms. The third kappa shape index (κ3) is 4.54. The number of guanidine groups is 1. The molecule has 4 rings (SSSR count). The van der Waals surface area contributed by atoms with Gasteiger partial charge < -0.3 is 15.8 Å². The van der Waals surface area contributed by atoms with Crippen LogP contribution in [0.2, 0.25) is 0 Å². The fourth-order valence-corrected chi connectivity index (χ4v) is 4.22. The quantitative estimate of drug-likeness (QED) is 0.619. The summed E-state index contributed by atoms with van der Waals surface area (Å²) < 4.78 is 5.54. The monoisotopic (exact) mass is 378 g/mol. The van der Waals surface area contributed by atoms with Gasteiger partial charge in [-0.2, -0.15) is 0 Å². The van der Waals surface area contributed by atoms with E-state index in [1.54, 1.807) is 0 Å². The molecule has 1 aliphatic heterocycles. The second-order valence-corrected chi connectivity index (χ2v) is 7.77. The molecule has 1 heterocycles. The molecule has 0 aromatic heterocycles. The van der Waals surface area contributed by atoms with Gasteiger partial charge in [0, 0.05) is 18.8 Å². The second kappa shape index (κ2) is 8.76. The summed E-state index contributed by atoms with van der Waals surface area (Å²) in [6.07, 6.45) is 3.60. The van der Waals surface area contributed by atoms with E-state index in [4.69, 9.17) is 15.5 Å². The number of nitrogens with one attached hydrogen (secondary N) is 1. The van der Waals surface area contributed by atoms with Crippen LogP contribution in [0.15, 0.2) is 47.5 Å². The summed E-state index contributed by atoms with van der Waals surface area (Å²) in [6, 6.07) is 15.4. The Kier molecular flexibility index (Phi) is 5.93. The molecule has 1 saturated heterocycles. The maximum Gasteiger partial charge on any atom is 0.193 e. The number of benzene rings is 2. The maximum absolute atomic E-state index is 6.23. The zero-order valence-electron chi connectivity index (χ0n) is 16.7. The number of fused-ring (bicyclic) bond motifs is 1. The van der Waals surface area contributed by atoms with Crippen LogP contribution in [-0.4, -0.2) is 43.7 Å². The van der Waals surface area contributed by atoms with Gasteiger partial charge in [0.2, 0.25) is 0 Å². The molecule has 148 valence electrons. The molecule has 1 atom stereocenters. The lowest BCUT2D eigenvalue weighted by Crippen LogP contribution is -2.40. The highest BCUT2D eigenvalue weighted by Gasteiger charge is 2.22. The van der Waals surface area contributed by atoms with E-state index in [0.29, 0.717) is 12.5 Å². The Morgan fingerprint density at radius 3 is 2.79 bits per heavy atom. The lowest BCUT2D eigenvalue weighted by Gasteiger charge is -2.34. The Balaban J connectivity index is 1.47. The molecule has 1 unspecified atom stereocenters. The normalized spacial score (nSPS) is 18.7. The van der Waals surface area contributed by atoms with Crippen molar-refractivity contribution in [2.75, 3.05) is 38.2 Å². The number of rotatable bonds is 5. The van der Waals surface area contributed by atoms with E-state index < -0.39 is 0 Å². The van der Waals surface area contributed by atoms with E-state index >= 15 is 0 Å². The predicted octanol–water partition coefficient (Wildman–Crippen LogP) is 3.28. The number of nitrogens with two attached hydrogens (primary N) is 1. The first-order valence-electron chi connectivity index (χ1n) is 10.3. The van der Waals surface area contributed by atoms with E-state index in [0.717, 1.165) is 38.4 Å². The minimum Gasteiger partial charge on any atom is -0.379 e. The summed E-state index contributed by atoms with van der Waals surface area (Å²) in [6.45, 7) is 6.16. The summed E-state index contributed by atoms with van der Waals surface area (Å²) in [5.74, 6) is 0.476. The zero-order chi connectivity index (χ0) is 19.3. The van der Waals surface area contributed by atoms with Gasteiger partial charge in [-0.15, -0.1) is 0 Å². The first-order chi connectivity index (χ1) is 13.7. The van der Waals surface area contributed by atoms with Crippen molar-refractivity contribution < 1.29 is 4.74 Å². The fraction of sp³-hybridized carbons (Fsp3) is 0.435. The topological polar surface area (TPSA) is 62.9 Å². The van der Waals surface area contributed by atoms with Gasteiger partial charge >= 0.3 is 0 Å². The van der Waals surface area contributed by atoms with Gasteiger partial charge in [0.15, 0.2) is 5.96 Å². The Morgan fingerprint density at radius 2 is 1.96 bits per heavy atom. The largest absolute Gasteiger partial charge is 0.379 e. The molecule has 5 nitrogen and oxygen atoms in total. The highest BCUT2D eigenvalue weighted by molar-refractivity contribution is 5.92. The number of aryl methyl sites for hydroxylation is 3. The van der Waals surface area contributed by atoms with Crippen LogP contribution in [0, 0.1) is 6.92 Å². The molecular weight excluding hydrogens is 348 g/mol. The minimum atomic E-state index is 0.212. The van der Waals surface area contributed by atoms with E-state index in [1.165, 1.54) is 35.1 Å². The van der Waals surface area contributed by atoms with Crippen LogP contribution in [0.4, 0.5) is 5.69 Å². The first kappa shape index (κ1) is 19.0. The smallest absolute Gasteiger partial charge is 0.193 e. The second-order valence-electron chi connectivity index (χ2n) is 7.77. The highest BCUT2D eigenvalue weighted by atomic mass is 16.5. The molecule has 1 fully saturated rings. The number of hydrogen-bond donors (Lipinski definition) is 2. The Labute approximate surface area is 167 Å². The predicted molar refractivity (Wildman–Crippen MR) is 115 cm³/mol. The Hall–Kier alpha value is -2.37. The minimum absolute atomic E-state index is 0.212. The van der Waals surface area contributed by atoms with E-state index in [1.807, 2.05) is 0 Å². The zero-order valence-corrected chi connectivity index (χ0v) is 16.7. The van der Waals surface area contributed by atoms with Crippen LogP contribution in [0.3, 0.4) is 0 Å². The van der Waals surface area contributed by atoms with Crippen molar-refractivity contribution in [1.29, 1.82) is 0 Å². The number of morpholine rings is 1. The Bertz CT molecular complexity index is 842. The van der Waals surface area contributed by atoms with Crippen LogP contribution in [-0.2, 0) is 17.6 Å². The SMILES string of the molecule is Cc1cccc(C(CN=C(N)Nc2ccc3c(c2)CCC3)N2CCOCC2)c1. The molecule has 5 heteroatoms. The average molecular weight is 379 g/mol. The van der Waals surface area contributed by atoms with E-state index in [-0.39, 0.29) is 6.04 Å². The summed E-state index contributed by atoms with van der Waals surface area (Å²) >= 11 is 0. The van der Waals surface area contributed by atoms with Crippen molar-refractivity contribution >= 4 is 11.6 Å². The van der Waals surface area contributed by atoms with Gasteiger partial charge in [-0.05, 0) is 55.0 Å². The van der Waals surface area contributed by atoms with Crippen molar-refractivity contribution in [3.8, 4) is 0 Å². The third-order valence-corrected chi connectivity index (χ3v) is 5.72. The van der Waals surface area contributed by atoms with Crippen molar-refractivity contribution in [3.05, 3.63) is 64.7 Å². The van der Waals surface area contributed by atoms with Gasteiger partial charge in [-0.3, -0.25) is 9.89 Å². The number of anilines is 1. The molecule has 2 aliphatic rings. The highest BCUT2D eigenvalue weighted by Crippen LogP contribution is 2.25. The van der Waals surface area contributed by atoms with Gasteiger partial charge in [-0.25, -0.2) is 0 Å². The lowest BCUT2D eigenvalue weighted by atomic mass is 10.0. The van der Waals surface area contributed by atoms with Crippen molar-refractivity contribution in [3.63, 3.8) is 0 Å². The maximum atomic E-state index is 6.23. The average Bonchev–Trinajstić information content (AvgIpc) is 3.17. The number of nitrogens with zero attached hydrogens (tertiary/aromatic N) is 2. The molecule has 0 amide bonds. The van der Waals surface area contributed by atoms with Crippen LogP contribution in [0.5, 0.6) is 0 Å². The molecular formula is C23H30N4O. The Morgan fingerprint density at radius 1 is 1.14 bits per heavy atom. The van der Waals surface area contributed by atoms with Crippen LogP contribution in [0.25, 0.3) is 0 Å². The van der Waals surface area contributed by atoms with Gasteiger partial charge in [0.1, 0.15) is 0 Å². The molecule has 2 aromatic carbocycles. The molecule has 28 heavy (non-hydrogen) atoms. The van der Waals surface area contributed by atoms with Gasteiger partial charge in [0.05, 0.1) is 25.8 Å². The van der Waals surface area contributed by atoms with Crippen molar-refractivity contribution in [2.45, 2.75) is 32.2 Å². The van der Waals surface area contributed by atoms with Crippen LogP contribution < -0.4 is 11.1 Å². The number of hydrogen-bond acceptors (Lipinski definition) is 3. The first-order valence-corrected chi connectivity index (χ1v) is 10.3. The fourth-order valence-electron chi connectivity index (χ4n) is 4.22. The van der Waals surface area contributed by atoms with E-state index in [2.05, 4.69) is 59.6 Å². The van der Waals surface area contributed by atoms with Crippen LogP contribution >= 0.6 is 0 Å². The van der Waals surface area contributed by atoms with Crippen LogP contribution in [0.1, 0.15) is 34.7 Å².